The van der Waals surface area contributed by atoms with Crippen LogP contribution in [0.2, 0.25) is 0 Å². The van der Waals surface area contributed by atoms with E-state index >= 15 is 0 Å². The normalized spacial score (nSPS) is 10.4. The van der Waals surface area contributed by atoms with Gasteiger partial charge in [-0.3, -0.25) is 0 Å². The van der Waals surface area contributed by atoms with E-state index in [2.05, 4.69) is 31.3 Å². The third-order valence-corrected chi connectivity index (χ3v) is 3.21. The van der Waals surface area contributed by atoms with Crippen molar-refractivity contribution in [2.24, 2.45) is 0 Å². The van der Waals surface area contributed by atoms with Crippen molar-refractivity contribution >= 4 is 44.6 Å². The molecule has 0 radical (unpaired) electrons. The van der Waals surface area contributed by atoms with Crippen LogP contribution in [0, 0.1) is 5.82 Å². The van der Waals surface area contributed by atoms with Crippen LogP contribution in [-0.4, -0.2) is 11.7 Å². The van der Waals surface area contributed by atoms with Crippen molar-refractivity contribution in [2.75, 3.05) is 10.6 Å². The number of halogens is 4. The maximum atomic E-state index is 13.7. The van der Waals surface area contributed by atoms with Crippen molar-refractivity contribution in [3.05, 3.63) is 52.8 Å². The highest BCUT2D eigenvalue weighted by atomic mass is 79.9. The van der Waals surface area contributed by atoms with Gasteiger partial charge in [0.15, 0.2) is 5.11 Å². The molecule has 0 aliphatic heterocycles. The summed E-state index contributed by atoms with van der Waals surface area (Å²) in [7, 11) is 0. The van der Waals surface area contributed by atoms with E-state index in [4.69, 9.17) is 12.2 Å². The molecule has 0 heterocycles. The fourth-order valence-corrected chi connectivity index (χ4v) is 2.16. The van der Waals surface area contributed by atoms with Crippen LogP contribution >= 0.6 is 28.1 Å². The zero-order valence-electron chi connectivity index (χ0n) is 10.9. The molecule has 0 amide bonds. The van der Waals surface area contributed by atoms with E-state index in [9.17, 15) is 13.2 Å². The summed E-state index contributed by atoms with van der Waals surface area (Å²) in [5.41, 5.74) is 0.773. The smallest absolute Gasteiger partial charge is 0.387 e. The van der Waals surface area contributed by atoms with Crippen LogP contribution in [0.25, 0.3) is 0 Å². The number of anilines is 2. The van der Waals surface area contributed by atoms with Crippen molar-refractivity contribution in [1.29, 1.82) is 0 Å². The molecule has 0 saturated heterocycles. The second-order valence-corrected chi connectivity index (χ2v) is 5.43. The first-order valence-corrected chi connectivity index (χ1v) is 7.22. The minimum Gasteiger partial charge on any atom is -0.435 e. The zero-order chi connectivity index (χ0) is 16.1. The molecule has 0 aliphatic carbocycles. The van der Waals surface area contributed by atoms with Gasteiger partial charge in [-0.15, -0.1) is 0 Å². The predicted octanol–water partition coefficient (Wildman–Crippen LogP) is 5.00. The topological polar surface area (TPSA) is 33.3 Å². The first-order chi connectivity index (χ1) is 10.4. The predicted molar refractivity (Wildman–Crippen MR) is 87.0 cm³/mol. The lowest BCUT2D eigenvalue weighted by molar-refractivity contribution is -0.0498. The Morgan fingerprint density at radius 3 is 2.36 bits per heavy atom. The second kappa shape index (κ2) is 7.46. The van der Waals surface area contributed by atoms with Crippen LogP contribution in [0.1, 0.15) is 0 Å². The average molecular weight is 391 g/mol. The molecule has 116 valence electrons. The Labute approximate surface area is 138 Å². The Kier molecular flexibility index (Phi) is 5.62. The highest BCUT2D eigenvalue weighted by Crippen LogP contribution is 2.21. The van der Waals surface area contributed by atoms with Gasteiger partial charge in [0.2, 0.25) is 0 Å². The van der Waals surface area contributed by atoms with Gasteiger partial charge in [-0.25, -0.2) is 4.39 Å². The van der Waals surface area contributed by atoms with Crippen LogP contribution in [0.3, 0.4) is 0 Å². The molecule has 2 aromatic rings. The van der Waals surface area contributed by atoms with E-state index in [1.807, 2.05) is 0 Å². The molecule has 0 fully saturated rings. The van der Waals surface area contributed by atoms with Crippen LogP contribution < -0.4 is 15.4 Å². The van der Waals surface area contributed by atoms with Gasteiger partial charge < -0.3 is 15.4 Å². The van der Waals surface area contributed by atoms with Gasteiger partial charge in [0, 0.05) is 10.2 Å². The number of alkyl halides is 2. The Hall–Kier alpha value is -1.80. The maximum absolute atomic E-state index is 13.7. The molecule has 0 aliphatic rings. The van der Waals surface area contributed by atoms with Gasteiger partial charge in [-0.1, -0.05) is 15.9 Å². The number of hydrogen-bond acceptors (Lipinski definition) is 2. The quantitative estimate of drug-likeness (QED) is 0.719. The highest BCUT2D eigenvalue weighted by Gasteiger charge is 2.06. The van der Waals surface area contributed by atoms with Crippen LogP contribution in [-0.2, 0) is 0 Å². The molecule has 0 aromatic heterocycles. The second-order valence-electron chi connectivity index (χ2n) is 4.11. The molecular formula is C14H10BrF3N2OS. The number of ether oxygens (including phenoxy) is 1. The zero-order valence-corrected chi connectivity index (χ0v) is 13.3. The van der Waals surface area contributed by atoms with Gasteiger partial charge in [0.25, 0.3) is 0 Å². The highest BCUT2D eigenvalue weighted by molar-refractivity contribution is 9.10. The Bertz CT molecular complexity index is 668. The average Bonchev–Trinajstić information content (AvgIpc) is 2.43. The van der Waals surface area contributed by atoms with Crippen molar-refractivity contribution < 1.29 is 17.9 Å². The number of thiocarbonyl (C=S) groups is 1. The molecular weight excluding hydrogens is 381 g/mol. The van der Waals surface area contributed by atoms with Crippen LogP contribution in [0.15, 0.2) is 46.9 Å². The van der Waals surface area contributed by atoms with Crippen molar-refractivity contribution in [3.63, 3.8) is 0 Å². The standard InChI is InChI=1S/C14H10BrF3N2OS/c15-8-1-6-12(11(16)7-8)20-14(22)19-9-2-4-10(5-3-9)21-13(17)18/h1-7,13H,(H2,19,20,22). The van der Waals surface area contributed by atoms with E-state index in [1.165, 1.54) is 36.4 Å². The lowest BCUT2D eigenvalue weighted by Gasteiger charge is -2.12. The Balaban J connectivity index is 1.97. The molecule has 8 heteroatoms. The largest absolute Gasteiger partial charge is 0.435 e. The molecule has 2 N–H and O–H groups in total. The summed E-state index contributed by atoms with van der Waals surface area (Å²) in [6.07, 6.45) is 0. The van der Waals surface area contributed by atoms with Gasteiger partial charge >= 0.3 is 6.61 Å². The molecule has 2 rings (SSSR count). The first-order valence-electron chi connectivity index (χ1n) is 6.02. The maximum Gasteiger partial charge on any atom is 0.387 e. The van der Waals surface area contributed by atoms with E-state index in [1.54, 1.807) is 6.07 Å². The molecule has 0 unspecified atom stereocenters. The number of hydrogen-bond donors (Lipinski definition) is 2. The van der Waals surface area contributed by atoms with Crippen LogP contribution in [0.4, 0.5) is 24.5 Å². The fraction of sp³-hybridized carbons (Fsp3) is 0.0714. The van der Waals surface area contributed by atoms with Gasteiger partial charge in [0.05, 0.1) is 5.69 Å². The molecule has 2 aromatic carbocycles. The van der Waals surface area contributed by atoms with Gasteiger partial charge in [-0.2, -0.15) is 8.78 Å². The monoisotopic (exact) mass is 390 g/mol. The lowest BCUT2D eigenvalue weighted by atomic mass is 10.3. The number of rotatable bonds is 4. The summed E-state index contributed by atoms with van der Waals surface area (Å²) in [5, 5.41) is 5.69. The van der Waals surface area contributed by atoms with Crippen molar-refractivity contribution in [2.45, 2.75) is 6.61 Å². The Morgan fingerprint density at radius 2 is 1.77 bits per heavy atom. The van der Waals surface area contributed by atoms with Crippen LogP contribution in [0.5, 0.6) is 5.75 Å². The van der Waals surface area contributed by atoms with E-state index in [0.29, 0.717) is 10.2 Å². The fourth-order valence-electron chi connectivity index (χ4n) is 1.60. The molecule has 3 nitrogen and oxygen atoms in total. The summed E-state index contributed by atoms with van der Waals surface area (Å²) < 4.78 is 42.6. The lowest BCUT2D eigenvalue weighted by Crippen LogP contribution is -2.19. The van der Waals surface area contributed by atoms with E-state index < -0.39 is 12.4 Å². The first kappa shape index (κ1) is 16.6. The summed E-state index contributed by atoms with van der Waals surface area (Å²) >= 11 is 8.22. The number of benzene rings is 2. The molecule has 0 atom stereocenters. The van der Waals surface area contributed by atoms with E-state index in [0.717, 1.165) is 0 Å². The van der Waals surface area contributed by atoms with Gasteiger partial charge in [-0.05, 0) is 54.7 Å². The molecule has 0 saturated carbocycles. The third-order valence-electron chi connectivity index (χ3n) is 2.52. The Morgan fingerprint density at radius 1 is 1.09 bits per heavy atom. The summed E-state index contributed by atoms with van der Waals surface area (Å²) in [6, 6.07) is 10.3. The number of nitrogens with one attached hydrogen (secondary N) is 2. The minimum absolute atomic E-state index is 0.0402. The SMILES string of the molecule is Fc1cc(Br)ccc1NC(=S)Nc1ccc(OC(F)F)cc1. The molecule has 0 spiro atoms. The summed E-state index contributed by atoms with van der Waals surface area (Å²) in [5.74, 6) is -0.419. The summed E-state index contributed by atoms with van der Waals surface area (Å²) in [4.78, 5) is 0. The van der Waals surface area contributed by atoms with Crippen molar-refractivity contribution in [3.8, 4) is 5.75 Å². The summed E-state index contributed by atoms with van der Waals surface area (Å²) in [6.45, 7) is -2.87. The third kappa shape index (κ3) is 4.88. The van der Waals surface area contributed by atoms with Crippen molar-refractivity contribution in [1.82, 2.24) is 0 Å². The molecule has 22 heavy (non-hydrogen) atoms. The molecule has 0 bridgehead atoms. The van der Waals surface area contributed by atoms with E-state index in [-0.39, 0.29) is 16.5 Å². The minimum atomic E-state index is -2.87. The van der Waals surface area contributed by atoms with Gasteiger partial charge in [0.1, 0.15) is 11.6 Å².